The largest absolute Gasteiger partial charge is 0.494 e. The van der Waals surface area contributed by atoms with Gasteiger partial charge >= 0.3 is 0 Å². The van der Waals surface area contributed by atoms with Crippen LogP contribution in [0.25, 0.3) is 11.0 Å². The van der Waals surface area contributed by atoms with Gasteiger partial charge in [-0.25, -0.2) is 4.98 Å². The first-order valence-corrected chi connectivity index (χ1v) is 11.6. The minimum absolute atomic E-state index is 0.200. The average molecular weight is 420 g/mol. The number of para-hydroxylation sites is 2. The van der Waals surface area contributed by atoms with Crippen LogP contribution >= 0.6 is 0 Å². The topological polar surface area (TPSA) is 56.1 Å². The van der Waals surface area contributed by atoms with E-state index in [1.165, 1.54) is 24.8 Å². The van der Waals surface area contributed by atoms with Crippen LogP contribution in [-0.2, 0) is 17.8 Å². The summed E-state index contributed by atoms with van der Waals surface area (Å²) < 4.78 is 8.21. The van der Waals surface area contributed by atoms with Crippen molar-refractivity contribution in [2.24, 2.45) is 5.92 Å². The summed E-state index contributed by atoms with van der Waals surface area (Å²) in [7, 11) is 0. The second kappa shape index (κ2) is 10.5. The quantitative estimate of drug-likeness (QED) is 0.494. The minimum Gasteiger partial charge on any atom is -0.494 e. The number of nitrogens with zero attached hydrogens (tertiary/aromatic N) is 2. The van der Waals surface area contributed by atoms with Gasteiger partial charge in [0.1, 0.15) is 11.6 Å². The van der Waals surface area contributed by atoms with E-state index in [0.717, 1.165) is 54.8 Å². The smallest absolute Gasteiger partial charge is 0.223 e. The van der Waals surface area contributed by atoms with Crippen LogP contribution in [0.1, 0.15) is 49.9 Å². The normalized spacial score (nSPS) is 14.6. The predicted octanol–water partition coefficient (Wildman–Crippen LogP) is 5.05. The summed E-state index contributed by atoms with van der Waals surface area (Å²) in [6.07, 6.45) is 7.33. The molecule has 2 aromatic carbocycles. The van der Waals surface area contributed by atoms with E-state index in [1.807, 2.05) is 18.2 Å². The van der Waals surface area contributed by atoms with Gasteiger partial charge in [0.05, 0.1) is 17.6 Å². The molecule has 164 valence electrons. The summed E-state index contributed by atoms with van der Waals surface area (Å²) in [5, 5.41) is 3.15. The van der Waals surface area contributed by atoms with Crippen LogP contribution in [0.15, 0.2) is 48.5 Å². The van der Waals surface area contributed by atoms with Gasteiger partial charge in [-0.05, 0) is 56.0 Å². The van der Waals surface area contributed by atoms with Gasteiger partial charge in [0.2, 0.25) is 5.91 Å². The van der Waals surface area contributed by atoms with E-state index >= 15 is 0 Å². The summed E-state index contributed by atoms with van der Waals surface area (Å²) in [6.45, 7) is 4.22. The molecule has 0 atom stereocenters. The van der Waals surface area contributed by atoms with Crippen LogP contribution in [0.5, 0.6) is 5.75 Å². The average Bonchev–Trinajstić information content (AvgIpc) is 3.14. The van der Waals surface area contributed by atoms with Crippen molar-refractivity contribution in [2.45, 2.75) is 58.4 Å². The number of hydrogen-bond donors (Lipinski definition) is 1. The van der Waals surface area contributed by atoms with Gasteiger partial charge in [0.15, 0.2) is 0 Å². The Labute approximate surface area is 184 Å². The van der Waals surface area contributed by atoms with E-state index in [2.05, 4.69) is 47.1 Å². The fraction of sp³-hybridized carbons (Fsp3) is 0.462. The van der Waals surface area contributed by atoms with E-state index in [1.54, 1.807) is 0 Å². The number of rotatable bonds is 9. The molecule has 1 aromatic heterocycles. The first-order chi connectivity index (χ1) is 15.2. The number of aromatic nitrogens is 2. The van der Waals surface area contributed by atoms with Crippen LogP contribution in [-0.4, -0.2) is 28.6 Å². The van der Waals surface area contributed by atoms with E-state index < -0.39 is 0 Å². The number of carbonyl (C=O) groups excluding carboxylic acids is 1. The van der Waals surface area contributed by atoms with Gasteiger partial charge < -0.3 is 14.6 Å². The highest BCUT2D eigenvalue weighted by molar-refractivity contribution is 5.78. The lowest BCUT2D eigenvalue weighted by atomic mass is 9.89. The van der Waals surface area contributed by atoms with Crippen molar-refractivity contribution in [3.8, 4) is 5.75 Å². The molecule has 5 heteroatoms. The lowest BCUT2D eigenvalue weighted by molar-refractivity contribution is -0.125. The zero-order valence-electron chi connectivity index (χ0n) is 18.5. The van der Waals surface area contributed by atoms with Crippen molar-refractivity contribution in [3.63, 3.8) is 0 Å². The Morgan fingerprint density at radius 1 is 1.13 bits per heavy atom. The van der Waals surface area contributed by atoms with Crippen LogP contribution in [0.2, 0.25) is 0 Å². The molecule has 1 amide bonds. The lowest BCUT2D eigenvalue weighted by Gasteiger charge is -2.20. The van der Waals surface area contributed by atoms with Crippen molar-refractivity contribution in [3.05, 3.63) is 59.9 Å². The van der Waals surface area contributed by atoms with Crippen molar-refractivity contribution >= 4 is 16.9 Å². The standard InChI is InChI=1S/C26H33N3O2/c1-20-9-7-12-22(19-20)31-18-8-17-29-24-14-6-5-13-23(24)28-25(29)15-16-27-26(30)21-10-3-2-4-11-21/h5-7,9,12-14,19,21H,2-4,8,10-11,15-18H2,1H3,(H,27,30). The fourth-order valence-electron chi connectivity index (χ4n) is 4.49. The number of carbonyl (C=O) groups is 1. The van der Waals surface area contributed by atoms with Crippen molar-refractivity contribution in [1.29, 1.82) is 0 Å². The van der Waals surface area contributed by atoms with E-state index in [0.29, 0.717) is 13.2 Å². The highest BCUT2D eigenvalue weighted by atomic mass is 16.5. The van der Waals surface area contributed by atoms with Gasteiger partial charge in [0.25, 0.3) is 0 Å². The number of aryl methyl sites for hydroxylation is 2. The van der Waals surface area contributed by atoms with Gasteiger partial charge in [-0.2, -0.15) is 0 Å². The third-order valence-corrected chi connectivity index (χ3v) is 6.14. The Morgan fingerprint density at radius 2 is 1.97 bits per heavy atom. The molecule has 0 saturated heterocycles. The van der Waals surface area contributed by atoms with Gasteiger partial charge in [-0.1, -0.05) is 43.5 Å². The summed E-state index contributed by atoms with van der Waals surface area (Å²) in [6, 6.07) is 16.4. The molecule has 1 fully saturated rings. The Morgan fingerprint density at radius 3 is 2.81 bits per heavy atom. The molecule has 0 aliphatic heterocycles. The monoisotopic (exact) mass is 419 g/mol. The molecule has 1 aliphatic rings. The van der Waals surface area contributed by atoms with Crippen molar-refractivity contribution in [1.82, 2.24) is 14.9 Å². The SMILES string of the molecule is Cc1cccc(OCCCn2c(CCNC(=O)C3CCCCC3)nc3ccccc32)c1. The second-order valence-electron chi connectivity index (χ2n) is 8.56. The third-order valence-electron chi connectivity index (χ3n) is 6.14. The van der Waals surface area contributed by atoms with Crippen LogP contribution in [0.4, 0.5) is 0 Å². The number of ether oxygens (including phenoxy) is 1. The molecule has 0 spiro atoms. The summed E-state index contributed by atoms with van der Waals surface area (Å²) in [4.78, 5) is 17.3. The Balaban J connectivity index is 1.34. The number of imidazole rings is 1. The maximum absolute atomic E-state index is 12.5. The zero-order chi connectivity index (χ0) is 21.5. The molecular weight excluding hydrogens is 386 g/mol. The highest BCUT2D eigenvalue weighted by Gasteiger charge is 2.20. The number of hydrogen-bond acceptors (Lipinski definition) is 3. The van der Waals surface area contributed by atoms with Crippen molar-refractivity contribution < 1.29 is 9.53 Å². The molecule has 5 nitrogen and oxygen atoms in total. The second-order valence-corrected chi connectivity index (χ2v) is 8.56. The maximum atomic E-state index is 12.5. The number of benzene rings is 2. The molecule has 31 heavy (non-hydrogen) atoms. The predicted molar refractivity (Wildman–Crippen MR) is 124 cm³/mol. The number of amides is 1. The maximum Gasteiger partial charge on any atom is 0.223 e. The van der Waals surface area contributed by atoms with E-state index in [9.17, 15) is 4.79 Å². The lowest BCUT2D eigenvalue weighted by Crippen LogP contribution is -2.33. The molecule has 0 radical (unpaired) electrons. The highest BCUT2D eigenvalue weighted by Crippen LogP contribution is 2.23. The molecule has 4 rings (SSSR count). The first-order valence-electron chi connectivity index (χ1n) is 11.6. The van der Waals surface area contributed by atoms with E-state index in [4.69, 9.17) is 9.72 Å². The van der Waals surface area contributed by atoms with Crippen LogP contribution in [0, 0.1) is 12.8 Å². The van der Waals surface area contributed by atoms with Crippen LogP contribution in [0.3, 0.4) is 0 Å². The molecule has 0 unspecified atom stereocenters. The molecule has 1 saturated carbocycles. The first kappa shape index (κ1) is 21.4. The molecule has 1 heterocycles. The Hall–Kier alpha value is -2.82. The number of nitrogens with one attached hydrogen (secondary N) is 1. The summed E-state index contributed by atoms with van der Waals surface area (Å²) in [5.41, 5.74) is 3.36. The van der Waals surface area contributed by atoms with Gasteiger partial charge in [-0.3, -0.25) is 4.79 Å². The Bertz CT molecular complexity index is 1000. The Kier molecular flexibility index (Phi) is 7.23. The number of fused-ring (bicyclic) bond motifs is 1. The fourth-order valence-corrected chi connectivity index (χ4v) is 4.49. The minimum atomic E-state index is 0.200. The molecular formula is C26H33N3O2. The molecule has 3 aromatic rings. The molecule has 1 aliphatic carbocycles. The third kappa shape index (κ3) is 5.66. The van der Waals surface area contributed by atoms with Gasteiger partial charge in [-0.15, -0.1) is 0 Å². The molecule has 1 N–H and O–H groups in total. The van der Waals surface area contributed by atoms with Crippen LogP contribution < -0.4 is 10.1 Å². The summed E-state index contributed by atoms with van der Waals surface area (Å²) in [5.74, 6) is 2.36. The van der Waals surface area contributed by atoms with Gasteiger partial charge in [0, 0.05) is 25.4 Å². The summed E-state index contributed by atoms with van der Waals surface area (Å²) >= 11 is 0. The zero-order valence-corrected chi connectivity index (χ0v) is 18.5. The molecule has 0 bridgehead atoms. The van der Waals surface area contributed by atoms with Crippen molar-refractivity contribution in [2.75, 3.05) is 13.2 Å². The van der Waals surface area contributed by atoms with E-state index in [-0.39, 0.29) is 11.8 Å².